The number of benzene rings is 5. The van der Waals surface area contributed by atoms with E-state index in [2.05, 4.69) is 76.5 Å². The summed E-state index contributed by atoms with van der Waals surface area (Å²) in [7, 11) is 0. The number of rotatable bonds is 2. The largest absolute Gasteiger partial charge is 0.453 e. The minimum Gasteiger partial charge on any atom is -0.453 e. The molecule has 5 aromatic rings. The maximum absolute atomic E-state index is 6.81. The molecule has 2 heterocycles. The Balaban J connectivity index is 1.45. The summed E-state index contributed by atoms with van der Waals surface area (Å²) < 4.78 is 6.21. The van der Waals surface area contributed by atoms with E-state index >= 15 is 0 Å². The molecule has 0 saturated carbocycles. The zero-order valence-electron chi connectivity index (χ0n) is 18.6. The van der Waals surface area contributed by atoms with Crippen LogP contribution in [-0.4, -0.2) is 0 Å². The van der Waals surface area contributed by atoms with Crippen molar-refractivity contribution in [2.75, 3.05) is 9.80 Å². The van der Waals surface area contributed by atoms with Crippen molar-refractivity contribution in [2.24, 2.45) is 0 Å². The smallest absolute Gasteiger partial charge is 0.151 e. The Morgan fingerprint density at radius 1 is 0.514 bits per heavy atom. The van der Waals surface area contributed by atoms with E-state index in [0.717, 1.165) is 45.6 Å². The first kappa shape index (κ1) is 20.5. The molecule has 3 nitrogen and oxygen atoms in total. The van der Waals surface area contributed by atoms with Gasteiger partial charge in [0.2, 0.25) is 0 Å². The minimum atomic E-state index is 0.673. The average Bonchev–Trinajstić information content (AvgIpc) is 2.90. The van der Waals surface area contributed by atoms with Gasteiger partial charge in [0.15, 0.2) is 11.5 Å². The van der Waals surface area contributed by atoms with Gasteiger partial charge in [-0.1, -0.05) is 71.9 Å². The summed E-state index contributed by atoms with van der Waals surface area (Å²) in [6, 6.07) is 39.5. The first-order valence-electron chi connectivity index (χ1n) is 11.4. The predicted molar refractivity (Wildman–Crippen MR) is 145 cm³/mol. The molecular formula is C30H19ClN2OS. The second kappa shape index (κ2) is 8.12. The standard InChI is InChI=1S/C30H19ClN2OS/c31-20-17-21(32-23-9-1-5-13-27(23)34-28-14-6-2-10-24(28)32)19-22(18-20)33-25-11-3-7-15-29(25)35-30-16-8-4-12-26(30)33/h1-19H. The van der Waals surface area contributed by atoms with Crippen LogP contribution in [0.5, 0.6) is 11.5 Å². The van der Waals surface area contributed by atoms with Crippen LogP contribution in [0.15, 0.2) is 125 Å². The van der Waals surface area contributed by atoms with Crippen molar-refractivity contribution >= 4 is 57.5 Å². The summed E-state index contributed by atoms with van der Waals surface area (Å²) in [6.07, 6.45) is 0. The third-order valence-electron chi connectivity index (χ3n) is 6.25. The number of ether oxygens (including phenoxy) is 1. The number of halogens is 1. The van der Waals surface area contributed by atoms with Gasteiger partial charge in [-0.3, -0.25) is 0 Å². The maximum atomic E-state index is 6.81. The molecule has 35 heavy (non-hydrogen) atoms. The third kappa shape index (κ3) is 3.37. The molecule has 5 aromatic carbocycles. The van der Waals surface area contributed by atoms with E-state index < -0.39 is 0 Å². The molecular weight excluding hydrogens is 472 g/mol. The normalized spacial score (nSPS) is 13.3. The molecule has 2 aliphatic rings. The summed E-state index contributed by atoms with van der Waals surface area (Å²) in [5.41, 5.74) is 6.24. The number of fused-ring (bicyclic) bond motifs is 4. The first-order valence-corrected chi connectivity index (χ1v) is 12.6. The first-order chi connectivity index (χ1) is 17.3. The molecule has 0 amide bonds. The average molecular weight is 491 g/mol. The van der Waals surface area contributed by atoms with Crippen LogP contribution in [0.25, 0.3) is 0 Å². The topological polar surface area (TPSA) is 15.7 Å². The summed E-state index contributed by atoms with van der Waals surface area (Å²) in [5.74, 6) is 1.63. The number of anilines is 6. The van der Waals surface area contributed by atoms with Crippen molar-refractivity contribution in [3.63, 3.8) is 0 Å². The highest BCUT2D eigenvalue weighted by Gasteiger charge is 2.28. The maximum Gasteiger partial charge on any atom is 0.151 e. The lowest BCUT2D eigenvalue weighted by atomic mass is 10.1. The summed E-state index contributed by atoms with van der Waals surface area (Å²) in [4.78, 5) is 6.96. The second-order valence-electron chi connectivity index (χ2n) is 8.41. The molecule has 0 atom stereocenters. The highest BCUT2D eigenvalue weighted by molar-refractivity contribution is 7.99. The molecule has 168 valence electrons. The Morgan fingerprint density at radius 3 is 1.49 bits per heavy atom. The zero-order valence-corrected chi connectivity index (χ0v) is 20.1. The molecule has 0 saturated heterocycles. The highest BCUT2D eigenvalue weighted by atomic mass is 35.5. The molecule has 0 aromatic heterocycles. The van der Waals surface area contributed by atoms with Crippen LogP contribution in [-0.2, 0) is 0 Å². The monoisotopic (exact) mass is 490 g/mol. The minimum absolute atomic E-state index is 0.673. The van der Waals surface area contributed by atoms with Crippen LogP contribution in [0.2, 0.25) is 5.02 Å². The molecule has 5 heteroatoms. The van der Waals surface area contributed by atoms with Crippen LogP contribution >= 0.6 is 23.4 Å². The van der Waals surface area contributed by atoms with Crippen LogP contribution in [0.4, 0.5) is 34.1 Å². The van der Waals surface area contributed by atoms with E-state index in [1.165, 1.54) is 9.79 Å². The van der Waals surface area contributed by atoms with Crippen LogP contribution < -0.4 is 14.5 Å². The van der Waals surface area contributed by atoms with Gasteiger partial charge in [0.25, 0.3) is 0 Å². The fourth-order valence-corrected chi connectivity index (χ4v) is 6.06. The zero-order chi connectivity index (χ0) is 23.4. The molecule has 0 aliphatic carbocycles. The van der Waals surface area contributed by atoms with E-state index in [1.807, 2.05) is 48.5 Å². The molecule has 0 fully saturated rings. The number of nitrogens with zero attached hydrogens (tertiary/aromatic N) is 2. The lowest BCUT2D eigenvalue weighted by Crippen LogP contribution is -2.18. The van der Waals surface area contributed by atoms with Crippen molar-refractivity contribution < 1.29 is 4.74 Å². The van der Waals surface area contributed by atoms with E-state index in [1.54, 1.807) is 11.8 Å². The molecule has 0 spiro atoms. The molecule has 7 rings (SSSR count). The predicted octanol–water partition coefficient (Wildman–Crippen LogP) is 9.85. The Bertz CT molecular complexity index is 1400. The van der Waals surface area contributed by atoms with Gasteiger partial charge < -0.3 is 14.5 Å². The molecule has 0 unspecified atom stereocenters. The van der Waals surface area contributed by atoms with Crippen LogP contribution in [0.3, 0.4) is 0 Å². The van der Waals surface area contributed by atoms with Crippen LogP contribution in [0, 0.1) is 0 Å². The fourth-order valence-electron chi connectivity index (χ4n) is 4.78. The van der Waals surface area contributed by atoms with Crippen LogP contribution in [0.1, 0.15) is 0 Å². The summed E-state index contributed by atoms with van der Waals surface area (Å²) >= 11 is 8.60. The second-order valence-corrected chi connectivity index (χ2v) is 9.93. The molecule has 0 radical (unpaired) electrons. The Kier molecular flexibility index (Phi) is 4.76. The quantitative estimate of drug-likeness (QED) is 0.239. The number of hydrogen-bond donors (Lipinski definition) is 0. The Labute approximate surface area is 213 Å². The summed E-state index contributed by atoms with van der Waals surface area (Å²) in [5, 5.41) is 0.673. The van der Waals surface area contributed by atoms with Crippen molar-refractivity contribution in [1.82, 2.24) is 0 Å². The Hall–Kier alpha value is -3.86. The van der Waals surface area contributed by atoms with Gasteiger partial charge in [0.05, 0.1) is 22.7 Å². The fraction of sp³-hybridized carbons (Fsp3) is 0. The van der Waals surface area contributed by atoms with Gasteiger partial charge in [-0.25, -0.2) is 0 Å². The van der Waals surface area contributed by atoms with Gasteiger partial charge in [-0.2, -0.15) is 0 Å². The van der Waals surface area contributed by atoms with Gasteiger partial charge in [0.1, 0.15) is 0 Å². The lowest BCUT2D eigenvalue weighted by Gasteiger charge is -2.35. The Morgan fingerprint density at radius 2 is 0.943 bits per heavy atom. The van der Waals surface area contributed by atoms with Gasteiger partial charge >= 0.3 is 0 Å². The molecule has 0 bridgehead atoms. The number of hydrogen-bond acceptors (Lipinski definition) is 4. The van der Waals surface area contributed by atoms with Gasteiger partial charge in [0, 0.05) is 26.2 Å². The van der Waals surface area contributed by atoms with Crippen molar-refractivity contribution in [3.05, 3.63) is 120 Å². The summed E-state index contributed by atoms with van der Waals surface area (Å²) in [6.45, 7) is 0. The van der Waals surface area contributed by atoms with Crippen molar-refractivity contribution in [1.29, 1.82) is 0 Å². The van der Waals surface area contributed by atoms with Gasteiger partial charge in [-0.15, -0.1) is 0 Å². The van der Waals surface area contributed by atoms with Crippen molar-refractivity contribution in [2.45, 2.75) is 9.79 Å². The number of para-hydroxylation sites is 6. The lowest BCUT2D eigenvalue weighted by molar-refractivity contribution is 0.477. The highest BCUT2D eigenvalue weighted by Crippen LogP contribution is 2.54. The van der Waals surface area contributed by atoms with E-state index in [9.17, 15) is 0 Å². The van der Waals surface area contributed by atoms with E-state index in [0.29, 0.717) is 5.02 Å². The molecule has 0 N–H and O–H groups in total. The van der Waals surface area contributed by atoms with E-state index in [-0.39, 0.29) is 0 Å². The third-order valence-corrected chi connectivity index (χ3v) is 7.60. The van der Waals surface area contributed by atoms with Gasteiger partial charge in [-0.05, 0) is 66.7 Å². The van der Waals surface area contributed by atoms with E-state index in [4.69, 9.17) is 16.3 Å². The SMILES string of the molecule is Clc1cc(N2c3ccccc3Oc3ccccc32)cc(N2c3ccccc3Sc3ccccc32)c1. The molecule has 2 aliphatic heterocycles. The van der Waals surface area contributed by atoms with Crippen molar-refractivity contribution in [3.8, 4) is 11.5 Å².